The van der Waals surface area contributed by atoms with E-state index < -0.39 is 0 Å². The van der Waals surface area contributed by atoms with Crippen molar-refractivity contribution < 1.29 is 0 Å². The van der Waals surface area contributed by atoms with Crippen LogP contribution in [0, 0.1) is 13.8 Å². The van der Waals surface area contributed by atoms with Gasteiger partial charge in [-0.1, -0.05) is 0 Å². The molecule has 0 spiro atoms. The van der Waals surface area contributed by atoms with Gasteiger partial charge in [-0.25, -0.2) is 9.97 Å². The van der Waals surface area contributed by atoms with Crippen LogP contribution in [-0.4, -0.2) is 12.7 Å². The van der Waals surface area contributed by atoms with E-state index in [1.165, 1.54) is 0 Å². The summed E-state index contributed by atoms with van der Waals surface area (Å²) >= 11 is 5.64. The molecule has 2 heterocycles. The second-order valence-corrected chi connectivity index (χ2v) is 4.66. The first kappa shape index (κ1) is 9.39. The molecular weight excluding hydrogens is 345 g/mol. The molecular formula is C8H7BrIN3. The largest absolute Gasteiger partial charge is 0.252 e. The zero-order valence-corrected chi connectivity index (χ0v) is 10.9. The van der Waals surface area contributed by atoms with E-state index in [2.05, 4.69) is 48.8 Å². The van der Waals surface area contributed by atoms with Crippen LogP contribution in [-0.2, 0) is 0 Å². The molecule has 13 heavy (non-hydrogen) atoms. The van der Waals surface area contributed by atoms with E-state index >= 15 is 0 Å². The average molecular weight is 352 g/mol. The lowest BCUT2D eigenvalue weighted by Crippen LogP contribution is -1.88. The molecule has 0 bridgehead atoms. The van der Waals surface area contributed by atoms with E-state index in [0.717, 1.165) is 27.2 Å². The molecule has 0 aromatic carbocycles. The van der Waals surface area contributed by atoms with Crippen molar-refractivity contribution in [3.05, 3.63) is 22.1 Å². The monoisotopic (exact) mass is 351 g/mol. The van der Waals surface area contributed by atoms with Crippen molar-refractivity contribution in [1.82, 2.24) is 12.7 Å². The van der Waals surface area contributed by atoms with Crippen LogP contribution >= 0.6 is 38.8 Å². The molecule has 0 unspecified atom stereocenters. The van der Waals surface area contributed by atoms with Crippen molar-refractivity contribution in [2.24, 2.45) is 0 Å². The van der Waals surface area contributed by atoms with Gasteiger partial charge in [0.15, 0.2) is 5.65 Å². The summed E-state index contributed by atoms with van der Waals surface area (Å²) in [7, 11) is 0. The Labute approximate surface area is 98.2 Å². The zero-order valence-electron chi connectivity index (χ0n) is 7.17. The number of hydrogen-bond acceptors (Lipinski definition) is 2. The highest BCUT2D eigenvalue weighted by Crippen LogP contribution is 2.22. The lowest BCUT2D eigenvalue weighted by molar-refractivity contribution is 1.13. The van der Waals surface area contributed by atoms with E-state index in [-0.39, 0.29) is 0 Å². The van der Waals surface area contributed by atoms with E-state index in [1.807, 2.05) is 22.7 Å². The minimum absolute atomic E-state index is 0.929. The Balaban J connectivity index is 2.89. The van der Waals surface area contributed by atoms with Crippen LogP contribution in [0.5, 0.6) is 0 Å². The van der Waals surface area contributed by atoms with Gasteiger partial charge in [0.2, 0.25) is 0 Å². The Bertz CT molecular complexity index is 478. The second-order valence-electron chi connectivity index (χ2n) is 2.84. The van der Waals surface area contributed by atoms with E-state index in [0.29, 0.717) is 0 Å². The number of nitrogens with zero attached hydrogens (tertiary/aromatic N) is 3. The Morgan fingerprint density at radius 3 is 2.77 bits per heavy atom. The molecule has 0 amide bonds. The third kappa shape index (κ3) is 1.48. The molecule has 3 nitrogen and oxygen atoms in total. The molecule has 0 fully saturated rings. The normalized spacial score (nSPS) is 11.1. The fourth-order valence-corrected chi connectivity index (χ4v) is 1.93. The highest BCUT2D eigenvalue weighted by atomic mass is 127. The third-order valence-corrected chi connectivity index (χ3v) is 3.82. The molecule has 0 radical (unpaired) electrons. The first-order chi connectivity index (χ1) is 6.09. The van der Waals surface area contributed by atoms with Gasteiger partial charge in [0.25, 0.3) is 0 Å². The standard InChI is InChI=1S/C8H7BrIN3/c1-4-6(9)3-7-8(11-4)13(10)5(2)12-7/h3H,1-2H3. The molecule has 0 aliphatic heterocycles. The summed E-state index contributed by atoms with van der Waals surface area (Å²) in [5, 5.41) is 0. The Morgan fingerprint density at radius 2 is 2.08 bits per heavy atom. The maximum absolute atomic E-state index is 4.44. The topological polar surface area (TPSA) is 30.7 Å². The highest BCUT2D eigenvalue weighted by Gasteiger charge is 2.08. The molecule has 0 aliphatic carbocycles. The Kier molecular flexibility index (Phi) is 2.31. The third-order valence-electron chi connectivity index (χ3n) is 1.86. The van der Waals surface area contributed by atoms with Gasteiger partial charge in [-0.15, -0.1) is 0 Å². The van der Waals surface area contributed by atoms with Gasteiger partial charge in [0.05, 0.1) is 28.6 Å². The van der Waals surface area contributed by atoms with E-state index in [1.54, 1.807) is 0 Å². The van der Waals surface area contributed by atoms with Gasteiger partial charge in [-0.05, 0) is 35.8 Å². The van der Waals surface area contributed by atoms with Gasteiger partial charge in [0, 0.05) is 4.47 Å². The van der Waals surface area contributed by atoms with Crippen LogP contribution in [0.2, 0.25) is 0 Å². The van der Waals surface area contributed by atoms with E-state index in [9.17, 15) is 0 Å². The number of aromatic nitrogens is 3. The summed E-state index contributed by atoms with van der Waals surface area (Å²) in [5.41, 5.74) is 2.86. The van der Waals surface area contributed by atoms with Crippen LogP contribution in [0.1, 0.15) is 11.5 Å². The fraction of sp³-hybridized carbons (Fsp3) is 0.250. The van der Waals surface area contributed by atoms with Crippen molar-refractivity contribution in [2.75, 3.05) is 0 Å². The maximum atomic E-state index is 4.44. The predicted molar refractivity (Wildman–Crippen MR) is 64.1 cm³/mol. The average Bonchev–Trinajstić information content (AvgIpc) is 2.32. The van der Waals surface area contributed by atoms with Crippen molar-refractivity contribution in [3.63, 3.8) is 0 Å². The number of hydrogen-bond donors (Lipinski definition) is 0. The highest BCUT2D eigenvalue weighted by molar-refractivity contribution is 14.1. The predicted octanol–water partition coefficient (Wildman–Crippen LogP) is 3.01. The van der Waals surface area contributed by atoms with E-state index in [4.69, 9.17) is 0 Å². The summed E-state index contributed by atoms with van der Waals surface area (Å²) in [5.74, 6) is 0.973. The fourth-order valence-electron chi connectivity index (χ4n) is 1.16. The maximum Gasteiger partial charge on any atom is 0.169 e. The number of aryl methyl sites for hydroxylation is 2. The van der Waals surface area contributed by atoms with Gasteiger partial charge in [-0.3, -0.25) is 2.78 Å². The second kappa shape index (κ2) is 3.20. The first-order valence-corrected chi connectivity index (χ1v) is 5.53. The minimum atomic E-state index is 0.929. The van der Waals surface area contributed by atoms with Crippen LogP contribution in [0.25, 0.3) is 11.2 Å². The molecule has 0 saturated heterocycles. The molecule has 2 aromatic rings. The molecule has 0 saturated carbocycles. The van der Waals surface area contributed by atoms with Crippen LogP contribution < -0.4 is 0 Å². The summed E-state index contributed by atoms with van der Waals surface area (Å²) in [4.78, 5) is 8.82. The Morgan fingerprint density at radius 1 is 1.38 bits per heavy atom. The van der Waals surface area contributed by atoms with Crippen LogP contribution in [0.3, 0.4) is 0 Å². The SMILES string of the molecule is Cc1nc2c(cc1Br)nc(C)n2I. The minimum Gasteiger partial charge on any atom is -0.252 e. The van der Waals surface area contributed by atoms with Crippen molar-refractivity contribution in [2.45, 2.75) is 13.8 Å². The Hall–Kier alpha value is -0.170. The number of imidazole rings is 1. The lowest BCUT2D eigenvalue weighted by atomic mass is 10.3. The van der Waals surface area contributed by atoms with Gasteiger partial charge in [-0.2, -0.15) is 0 Å². The molecule has 5 heteroatoms. The first-order valence-electron chi connectivity index (χ1n) is 3.78. The summed E-state index contributed by atoms with van der Waals surface area (Å²) in [6.07, 6.45) is 0. The number of pyridine rings is 1. The smallest absolute Gasteiger partial charge is 0.169 e. The van der Waals surface area contributed by atoms with Gasteiger partial charge < -0.3 is 0 Å². The molecule has 0 atom stereocenters. The molecule has 68 valence electrons. The summed E-state index contributed by atoms with van der Waals surface area (Å²) in [6.45, 7) is 3.94. The molecule has 2 rings (SSSR count). The molecule has 0 N–H and O–H groups in total. The summed E-state index contributed by atoms with van der Waals surface area (Å²) in [6, 6.07) is 2.00. The quantitative estimate of drug-likeness (QED) is 0.683. The lowest BCUT2D eigenvalue weighted by Gasteiger charge is -1.97. The van der Waals surface area contributed by atoms with Crippen molar-refractivity contribution >= 4 is 50.0 Å². The zero-order chi connectivity index (χ0) is 9.59. The van der Waals surface area contributed by atoms with Crippen LogP contribution in [0.4, 0.5) is 0 Å². The number of halogens is 2. The summed E-state index contributed by atoms with van der Waals surface area (Å²) < 4.78 is 2.97. The number of fused-ring (bicyclic) bond motifs is 1. The molecule has 2 aromatic heterocycles. The van der Waals surface area contributed by atoms with Crippen LogP contribution in [0.15, 0.2) is 10.5 Å². The van der Waals surface area contributed by atoms with Crippen molar-refractivity contribution in [3.8, 4) is 0 Å². The molecule has 0 aliphatic rings. The van der Waals surface area contributed by atoms with Gasteiger partial charge >= 0.3 is 0 Å². The van der Waals surface area contributed by atoms with Gasteiger partial charge in [0.1, 0.15) is 11.3 Å². The van der Waals surface area contributed by atoms with Crippen molar-refractivity contribution in [1.29, 1.82) is 0 Å². The number of rotatable bonds is 0.